The summed E-state index contributed by atoms with van der Waals surface area (Å²) in [7, 11) is 0. The van der Waals surface area contributed by atoms with Crippen molar-refractivity contribution >= 4 is 0 Å². The first-order chi connectivity index (χ1) is 13.2. The molecule has 0 saturated carbocycles. The van der Waals surface area contributed by atoms with Gasteiger partial charge < -0.3 is 4.74 Å². The van der Waals surface area contributed by atoms with E-state index in [2.05, 4.69) is 41.5 Å². The smallest absolute Gasteiger partial charge is 0.0497 e. The molecule has 4 atom stereocenters. The van der Waals surface area contributed by atoms with Crippen molar-refractivity contribution in [2.75, 3.05) is 13.2 Å². The molecule has 1 heteroatoms. The highest BCUT2D eigenvalue weighted by atomic mass is 16.5. The van der Waals surface area contributed by atoms with Gasteiger partial charge in [-0.25, -0.2) is 0 Å². The van der Waals surface area contributed by atoms with Gasteiger partial charge in [-0.05, 0) is 36.5 Å². The molecule has 0 fully saturated rings. The van der Waals surface area contributed by atoms with Crippen LogP contribution in [0.3, 0.4) is 0 Å². The lowest BCUT2D eigenvalue weighted by atomic mass is 9.82. The van der Waals surface area contributed by atoms with Gasteiger partial charge in [0.25, 0.3) is 0 Å². The minimum absolute atomic E-state index is 0.777. The van der Waals surface area contributed by atoms with Crippen LogP contribution in [-0.4, -0.2) is 13.2 Å². The molecule has 0 saturated heterocycles. The van der Waals surface area contributed by atoms with E-state index in [1.54, 1.807) is 0 Å². The van der Waals surface area contributed by atoms with Gasteiger partial charge in [-0.1, -0.05) is 119 Å². The highest BCUT2D eigenvalue weighted by Crippen LogP contribution is 2.29. The van der Waals surface area contributed by atoms with E-state index in [0.717, 1.165) is 36.9 Å². The van der Waals surface area contributed by atoms with Crippen LogP contribution in [0.1, 0.15) is 131 Å². The Morgan fingerprint density at radius 1 is 0.444 bits per heavy atom. The predicted octanol–water partition coefficient (Wildman–Crippen LogP) is 9.05. The van der Waals surface area contributed by atoms with Crippen LogP contribution in [0.2, 0.25) is 0 Å². The van der Waals surface area contributed by atoms with Crippen LogP contribution >= 0.6 is 0 Å². The summed E-state index contributed by atoms with van der Waals surface area (Å²) in [4.78, 5) is 0. The van der Waals surface area contributed by atoms with E-state index in [-0.39, 0.29) is 0 Å². The molecule has 0 spiro atoms. The molecule has 0 radical (unpaired) electrons. The van der Waals surface area contributed by atoms with Gasteiger partial charge in [-0.2, -0.15) is 0 Å². The largest absolute Gasteiger partial charge is 0.381 e. The van der Waals surface area contributed by atoms with E-state index in [1.807, 2.05) is 0 Å². The number of unbranched alkanes of at least 4 members (excludes halogenated alkanes) is 4. The second-order valence-corrected chi connectivity index (χ2v) is 8.96. The van der Waals surface area contributed by atoms with Crippen LogP contribution in [0.15, 0.2) is 0 Å². The Kier molecular flexibility index (Phi) is 19.3. The SMILES string of the molecule is CCCCCC(CC)C(CCC)COCC(CCC)C(CC)CCCCC. The molecule has 0 aromatic rings. The van der Waals surface area contributed by atoms with Crippen molar-refractivity contribution in [1.29, 1.82) is 0 Å². The normalized spacial score (nSPS) is 16.2. The maximum absolute atomic E-state index is 6.44. The summed E-state index contributed by atoms with van der Waals surface area (Å²) in [5.41, 5.74) is 0. The standard InChI is InChI=1S/C26H54O/c1-7-13-15-19-23(11-5)25(17-9-3)21-27-22-26(18-10-4)24(12-6)20-16-14-8-2/h23-26H,7-22H2,1-6H3. The zero-order valence-electron chi connectivity index (χ0n) is 20.0. The quantitative estimate of drug-likeness (QED) is 0.191. The number of hydrogen-bond donors (Lipinski definition) is 0. The molecule has 0 aliphatic carbocycles. The third kappa shape index (κ3) is 12.9. The Morgan fingerprint density at radius 3 is 1.15 bits per heavy atom. The third-order valence-electron chi connectivity index (χ3n) is 6.72. The molecule has 0 bridgehead atoms. The lowest BCUT2D eigenvalue weighted by molar-refractivity contribution is 0.0282. The molecule has 0 aromatic carbocycles. The molecule has 0 aromatic heterocycles. The Bertz CT molecular complexity index is 260. The molecule has 1 nitrogen and oxygen atoms in total. The minimum Gasteiger partial charge on any atom is -0.381 e. The van der Waals surface area contributed by atoms with E-state index in [1.165, 1.54) is 89.9 Å². The first-order valence-corrected chi connectivity index (χ1v) is 12.8. The fraction of sp³-hybridized carbons (Fsp3) is 1.00. The topological polar surface area (TPSA) is 9.23 Å². The molecule has 0 amide bonds. The lowest BCUT2D eigenvalue weighted by Crippen LogP contribution is -2.25. The van der Waals surface area contributed by atoms with Gasteiger partial charge in [-0.15, -0.1) is 0 Å². The summed E-state index contributed by atoms with van der Waals surface area (Å²) in [5, 5.41) is 0. The van der Waals surface area contributed by atoms with Crippen molar-refractivity contribution in [3.05, 3.63) is 0 Å². The van der Waals surface area contributed by atoms with Crippen molar-refractivity contribution in [3.8, 4) is 0 Å². The van der Waals surface area contributed by atoms with Gasteiger partial charge in [0.2, 0.25) is 0 Å². The number of hydrogen-bond acceptors (Lipinski definition) is 1. The molecule has 0 rings (SSSR count). The summed E-state index contributed by atoms with van der Waals surface area (Å²) >= 11 is 0. The van der Waals surface area contributed by atoms with Crippen LogP contribution in [0.25, 0.3) is 0 Å². The Balaban J connectivity index is 4.57. The second kappa shape index (κ2) is 19.3. The molecule has 0 aliphatic rings. The van der Waals surface area contributed by atoms with Gasteiger partial charge in [0, 0.05) is 13.2 Å². The van der Waals surface area contributed by atoms with Gasteiger partial charge in [0.1, 0.15) is 0 Å². The molecule has 0 heterocycles. The van der Waals surface area contributed by atoms with E-state index in [0.29, 0.717) is 0 Å². The molecular formula is C26H54O. The van der Waals surface area contributed by atoms with Crippen molar-refractivity contribution in [2.24, 2.45) is 23.7 Å². The number of rotatable bonds is 20. The van der Waals surface area contributed by atoms with Gasteiger partial charge in [0.15, 0.2) is 0 Å². The van der Waals surface area contributed by atoms with Crippen LogP contribution in [0.4, 0.5) is 0 Å². The van der Waals surface area contributed by atoms with Gasteiger partial charge >= 0.3 is 0 Å². The minimum atomic E-state index is 0.777. The molecule has 0 N–H and O–H groups in total. The number of ether oxygens (including phenoxy) is 1. The molecular weight excluding hydrogens is 328 g/mol. The third-order valence-corrected chi connectivity index (χ3v) is 6.72. The van der Waals surface area contributed by atoms with Crippen LogP contribution in [0.5, 0.6) is 0 Å². The van der Waals surface area contributed by atoms with E-state index >= 15 is 0 Å². The monoisotopic (exact) mass is 382 g/mol. The first-order valence-electron chi connectivity index (χ1n) is 12.8. The summed E-state index contributed by atoms with van der Waals surface area (Å²) in [6, 6.07) is 0. The Hall–Kier alpha value is -0.0400. The molecule has 4 unspecified atom stereocenters. The Morgan fingerprint density at radius 2 is 0.852 bits per heavy atom. The molecule has 27 heavy (non-hydrogen) atoms. The fourth-order valence-corrected chi connectivity index (χ4v) is 4.88. The average molecular weight is 383 g/mol. The van der Waals surface area contributed by atoms with Crippen LogP contribution in [0, 0.1) is 23.7 Å². The van der Waals surface area contributed by atoms with E-state index in [9.17, 15) is 0 Å². The van der Waals surface area contributed by atoms with Crippen molar-refractivity contribution in [3.63, 3.8) is 0 Å². The maximum Gasteiger partial charge on any atom is 0.0497 e. The summed E-state index contributed by atoms with van der Waals surface area (Å²) < 4.78 is 6.44. The van der Waals surface area contributed by atoms with Crippen LogP contribution in [-0.2, 0) is 4.74 Å². The Labute approximate surface area is 173 Å². The zero-order valence-corrected chi connectivity index (χ0v) is 20.0. The summed E-state index contributed by atoms with van der Waals surface area (Å²) in [5.74, 6) is 3.29. The lowest BCUT2D eigenvalue weighted by Gasteiger charge is -2.29. The highest BCUT2D eigenvalue weighted by Gasteiger charge is 2.22. The fourth-order valence-electron chi connectivity index (χ4n) is 4.88. The highest BCUT2D eigenvalue weighted by molar-refractivity contribution is 4.72. The maximum atomic E-state index is 6.44. The van der Waals surface area contributed by atoms with Crippen molar-refractivity contribution < 1.29 is 4.74 Å². The zero-order chi connectivity index (χ0) is 20.3. The van der Waals surface area contributed by atoms with Crippen molar-refractivity contribution in [1.82, 2.24) is 0 Å². The van der Waals surface area contributed by atoms with E-state index < -0.39 is 0 Å². The predicted molar refractivity (Wildman–Crippen MR) is 123 cm³/mol. The summed E-state index contributed by atoms with van der Waals surface area (Å²) in [6.45, 7) is 16.1. The summed E-state index contributed by atoms with van der Waals surface area (Å²) in [6.07, 6.45) is 19.0. The second-order valence-electron chi connectivity index (χ2n) is 8.96. The van der Waals surface area contributed by atoms with Gasteiger partial charge in [0.05, 0.1) is 0 Å². The van der Waals surface area contributed by atoms with Gasteiger partial charge in [-0.3, -0.25) is 0 Å². The van der Waals surface area contributed by atoms with Crippen molar-refractivity contribution in [2.45, 2.75) is 131 Å². The van der Waals surface area contributed by atoms with Crippen LogP contribution < -0.4 is 0 Å². The molecule has 164 valence electrons. The first kappa shape index (κ1) is 27.0. The average Bonchev–Trinajstić information content (AvgIpc) is 2.68. The van der Waals surface area contributed by atoms with E-state index in [4.69, 9.17) is 4.74 Å². The molecule has 0 aliphatic heterocycles.